The van der Waals surface area contributed by atoms with Gasteiger partial charge in [-0.25, -0.2) is 0 Å². The molecule has 0 saturated heterocycles. The molecule has 0 spiro atoms. The Bertz CT molecular complexity index is 713. The highest BCUT2D eigenvalue weighted by Crippen LogP contribution is 2.62. The number of carbonyl (C=O) groups excluding carboxylic acids is 1. The van der Waals surface area contributed by atoms with E-state index in [0.717, 1.165) is 10.8 Å². The molecular weight excluding hydrogens is 315 g/mol. The van der Waals surface area contributed by atoms with Crippen molar-refractivity contribution in [3.05, 3.63) is 48.0 Å². The third-order valence-corrected chi connectivity index (χ3v) is 5.83. The minimum Gasteiger partial charge on any atom is -0.468 e. The van der Waals surface area contributed by atoms with Crippen LogP contribution >= 0.6 is 7.60 Å². The van der Waals surface area contributed by atoms with E-state index in [1.807, 2.05) is 36.4 Å². The Kier molecular flexibility index (Phi) is 5.94. The lowest BCUT2D eigenvalue weighted by Crippen LogP contribution is -2.18. The Balaban J connectivity index is 2.66. The molecule has 5 nitrogen and oxygen atoms in total. The fourth-order valence-electron chi connectivity index (χ4n) is 2.57. The van der Waals surface area contributed by atoms with Gasteiger partial charge in [0.15, 0.2) is 5.66 Å². The van der Waals surface area contributed by atoms with Crippen molar-refractivity contribution in [2.45, 2.75) is 19.5 Å². The summed E-state index contributed by atoms with van der Waals surface area (Å²) >= 11 is 0. The van der Waals surface area contributed by atoms with Gasteiger partial charge in [0.1, 0.15) is 0 Å². The zero-order valence-electron chi connectivity index (χ0n) is 13.5. The molecule has 0 aliphatic carbocycles. The number of hydrogen-bond acceptors (Lipinski definition) is 5. The maximum Gasteiger partial charge on any atom is 0.349 e. The van der Waals surface area contributed by atoms with E-state index in [4.69, 9.17) is 13.8 Å². The van der Waals surface area contributed by atoms with Crippen molar-refractivity contribution in [3.63, 3.8) is 0 Å². The van der Waals surface area contributed by atoms with Crippen molar-refractivity contribution >= 4 is 24.3 Å². The Morgan fingerprint density at radius 1 is 1.04 bits per heavy atom. The second kappa shape index (κ2) is 7.73. The van der Waals surface area contributed by atoms with Gasteiger partial charge in [-0.2, -0.15) is 0 Å². The molecule has 0 aliphatic heterocycles. The van der Waals surface area contributed by atoms with Crippen LogP contribution in [0, 0.1) is 0 Å². The van der Waals surface area contributed by atoms with Crippen molar-refractivity contribution in [1.29, 1.82) is 0 Å². The van der Waals surface area contributed by atoms with Gasteiger partial charge in [-0.05, 0) is 30.2 Å². The van der Waals surface area contributed by atoms with Gasteiger partial charge < -0.3 is 13.8 Å². The number of carbonyl (C=O) groups is 1. The number of hydrogen-bond donors (Lipinski definition) is 0. The first-order valence-corrected chi connectivity index (χ1v) is 9.12. The number of ether oxygens (including phenoxy) is 1. The lowest BCUT2D eigenvalue weighted by Gasteiger charge is -2.25. The van der Waals surface area contributed by atoms with Gasteiger partial charge in [0.25, 0.3) is 0 Å². The Labute approximate surface area is 136 Å². The minimum atomic E-state index is -3.70. The average Bonchev–Trinajstić information content (AvgIpc) is 2.55. The van der Waals surface area contributed by atoms with E-state index in [9.17, 15) is 9.36 Å². The van der Waals surface area contributed by atoms with E-state index in [-0.39, 0.29) is 13.2 Å². The predicted octanol–water partition coefficient (Wildman–Crippen LogP) is 4.32. The molecule has 0 aromatic heterocycles. The van der Waals surface area contributed by atoms with E-state index in [1.54, 1.807) is 19.9 Å². The summed E-state index contributed by atoms with van der Waals surface area (Å²) in [6.07, 6.45) is 0. The lowest BCUT2D eigenvalue weighted by atomic mass is 10.0. The molecule has 6 heteroatoms. The monoisotopic (exact) mass is 336 g/mol. The fourth-order valence-corrected chi connectivity index (χ4v) is 4.60. The van der Waals surface area contributed by atoms with E-state index >= 15 is 0 Å². The zero-order chi connectivity index (χ0) is 16.9. The summed E-state index contributed by atoms with van der Waals surface area (Å²) in [4.78, 5) is 12.4. The Hall–Kier alpha value is -1.68. The lowest BCUT2D eigenvalue weighted by molar-refractivity contribution is -0.140. The first-order chi connectivity index (χ1) is 11.1. The van der Waals surface area contributed by atoms with Gasteiger partial charge in [0.05, 0.1) is 20.3 Å². The Morgan fingerprint density at radius 3 is 2.26 bits per heavy atom. The molecule has 0 heterocycles. The van der Waals surface area contributed by atoms with Crippen LogP contribution in [0.15, 0.2) is 42.5 Å². The summed E-state index contributed by atoms with van der Waals surface area (Å²) in [5.74, 6) is -0.633. The summed E-state index contributed by atoms with van der Waals surface area (Å²) < 4.78 is 28.9. The normalized spacial score (nSPS) is 13.0. The molecule has 2 aromatic rings. The second-order valence-electron chi connectivity index (χ2n) is 4.87. The molecule has 124 valence electrons. The van der Waals surface area contributed by atoms with Crippen molar-refractivity contribution in [3.8, 4) is 0 Å². The minimum absolute atomic E-state index is 0.176. The third-order valence-electron chi connectivity index (χ3n) is 3.48. The molecule has 2 aromatic carbocycles. The summed E-state index contributed by atoms with van der Waals surface area (Å²) in [5, 5.41) is 1.77. The van der Waals surface area contributed by atoms with Crippen LogP contribution in [0.25, 0.3) is 10.8 Å². The zero-order valence-corrected chi connectivity index (χ0v) is 14.4. The van der Waals surface area contributed by atoms with Crippen LogP contribution in [0.2, 0.25) is 0 Å². The van der Waals surface area contributed by atoms with Crippen molar-refractivity contribution in [1.82, 2.24) is 0 Å². The first-order valence-electron chi connectivity index (χ1n) is 7.51. The van der Waals surface area contributed by atoms with Crippen LogP contribution in [0.4, 0.5) is 0 Å². The van der Waals surface area contributed by atoms with E-state index in [1.165, 1.54) is 7.11 Å². The number of benzene rings is 2. The van der Waals surface area contributed by atoms with E-state index < -0.39 is 19.2 Å². The second-order valence-corrected chi connectivity index (χ2v) is 6.98. The van der Waals surface area contributed by atoms with Crippen LogP contribution < -0.4 is 0 Å². The summed E-state index contributed by atoms with van der Waals surface area (Å²) in [6, 6.07) is 13.1. The molecule has 0 saturated carbocycles. The molecule has 0 unspecified atom stereocenters. The third kappa shape index (κ3) is 3.63. The van der Waals surface area contributed by atoms with Crippen molar-refractivity contribution < 1.29 is 23.1 Å². The number of rotatable bonds is 7. The molecule has 2 rings (SSSR count). The summed E-state index contributed by atoms with van der Waals surface area (Å²) in [7, 11) is -2.44. The van der Waals surface area contributed by atoms with Crippen LogP contribution in [0.3, 0.4) is 0 Å². The SMILES string of the molecule is CCOP(=O)(OCC)[C@@H](C(=O)OC)c1cccc2ccccc12. The molecule has 0 radical (unpaired) electrons. The van der Waals surface area contributed by atoms with Crippen LogP contribution in [0.5, 0.6) is 0 Å². The molecule has 0 aliphatic rings. The topological polar surface area (TPSA) is 61.8 Å². The molecule has 1 atom stereocenters. The summed E-state index contributed by atoms with van der Waals surface area (Å²) in [6.45, 7) is 3.78. The number of esters is 1. The van der Waals surface area contributed by atoms with Crippen LogP contribution in [-0.4, -0.2) is 26.3 Å². The van der Waals surface area contributed by atoms with Crippen LogP contribution in [0.1, 0.15) is 25.1 Å². The highest BCUT2D eigenvalue weighted by molar-refractivity contribution is 7.55. The highest BCUT2D eigenvalue weighted by atomic mass is 31.2. The average molecular weight is 336 g/mol. The van der Waals surface area contributed by atoms with Gasteiger partial charge in [-0.1, -0.05) is 42.5 Å². The Morgan fingerprint density at radius 2 is 1.65 bits per heavy atom. The van der Waals surface area contributed by atoms with E-state index in [2.05, 4.69) is 0 Å². The molecule has 0 N–H and O–H groups in total. The fraction of sp³-hybridized carbons (Fsp3) is 0.353. The van der Waals surface area contributed by atoms with Crippen molar-refractivity contribution in [2.24, 2.45) is 0 Å². The van der Waals surface area contributed by atoms with Crippen molar-refractivity contribution in [2.75, 3.05) is 20.3 Å². The largest absolute Gasteiger partial charge is 0.468 e. The molecule has 0 fully saturated rings. The van der Waals surface area contributed by atoms with Crippen LogP contribution in [-0.2, 0) is 23.1 Å². The molecule has 23 heavy (non-hydrogen) atoms. The van der Waals surface area contributed by atoms with Gasteiger partial charge in [-0.3, -0.25) is 9.36 Å². The quantitative estimate of drug-likeness (QED) is 0.556. The molecule has 0 amide bonds. The first kappa shape index (κ1) is 17.7. The summed E-state index contributed by atoms with van der Waals surface area (Å²) in [5.41, 5.74) is -0.529. The maximum absolute atomic E-state index is 13.2. The van der Waals surface area contributed by atoms with Gasteiger partial charge in [0, 0.05) is 0 Å². The standard InChI is InChI=1S/C17H21O5P/c1-4-21-23(19,22-5-2)16(17(18)20-3)15-12-8-10-13-9-6-7-11-14(13)15/h6-12,16H,4-5H2,1-3H3/t16-/m1/s1. The number of methoxy groups -OCH3 is 1. The predicted molar refractivity (Wildman–Crippen MR) is 89.6 cm³/mol. The van der Waals surface area contributed by atoms with Gasteiger partial charge in [-0.15, -0.1) is 0 Å². The smallest absolute Gasteiger partial charge is 0.349 e. The van der Waals surface area contributed by atoms with E-state index in [0.29, 0.717) is 5.56 Å². The molecular formula is C17H21O5P. The van der Waals surface area contributed by atoms with Gasteiger partial charge in [0.2, 0.25) is 0 Å². The molecule has 0 bridgehead atoms. The number of fused-ring (bicyclic) bond motifs is 1. The van der Waals surface area contributed by atoms with Gasteiger partial charge >= 0.3 is 13.6 Å². The highest BCUT2D eigenvalue weighted by Gasteiger charge is 2.44. The maximum atomic E-state index is 13.2.